The average molecular weight is 291 g/mol. The van der Waals surface area contributed by atoms with Crippen LogP contribution in [-0.4, -0.2) is 14.7 Å². The molecule has 0 amide bonds. The summed E-state index contributed by atoms with van der Waals surface area (Å²) in [6.07, 6.45) is 3.11. The highest BCUT2D eigenvalue weighted by atomic mass is 35.5. The molecule has 0 aliphatic heterocycles. The molecule has 3 rings (SSSR count). The van der Waals surface area contributed by atoms with Crippen LogP contribution in [0.25, 0.3) is 5.52 Å². The van der Waals surface area contributed by atoms with Gasteiger partial charge >= 0.3 is 0 Å². The van der Waals surface area contributed by atoms with Gasteiger partial charge in [0.05, 0.1) is 22.8 Å². The topological polar surface area (TPSA) is 37.5 Å². The van der Waals surface area contributed by atoms with Gasteiger partial charge in [-0.15, -0.1) is 0 Å². The van der Waals surface area contributed by atoms with E-state index in [9.17, 15) is 9.50 Å². The second kappa shape index (κ2) is 5.23. The Morgan fingerprint density at radius 3 is 2.95 bits per heavy atom. The molecule has 0 saturated heterocycles. The molecule has 0 fully saturated rings. The van der Waals surface area contributed by atoms with Gasteiger partial charge in [-0.2, -0.15) is 5.10 Å². The van der Waals surface area contributed by atoms with Gasteiger partial charge in [0.1, 0.15) is 5.82 Å². The smallest absolute Gasteiger partial charge is 0.141 e. The molecule has 2 heterocycles. The maximum Gasteiger partial charge on any atom is 0.141 e. The van der Waals surface area contributed by atoms with Crippen molar-refractivity contribution in [3.63, 3.8) is 0 Å². The largest absolute Gasteiger partial charge is 0.388 e. The van der Waals surface area contributed by atoms with Gasteiger partial charge in [-0.25, -0.2) is 8.91 Å². The SMILES string of the molecule is OC(Cc1ccc(F)c(Cl)c1)c1cnn2ccccc12. The predicted octanol–water partition coefficient (Wildman–Crippen LogP) is 3.40. The number of hydrogen-bond acceptors (Lipinski definition) is 2. The summed E-state index contributed by atoms with van der Waals surface area (Å²) < 4.78 is 14.8. The number of halogens is 2. The molecule has 1 atom stereocenters. The maximum atomic E-state index is 13.1. The van der Waals surface area contributed by atoms with E-state index in [1.54, 1.807) is 16.8 Å². The van der Waals surface area contributed by atoms with Crippen molar-refractivity contribution < 1.29 is 9.50 Å². The predicted molar refractivity (Wildman–Crippen MR) is 75.3 cm³/mol. The Labute approximate surface area is 120 Å². The Bertz CT molecular complexity index is 756. The van der Waals surface area contributed by atoms with Gasteiger partial charge < -0.3 is 5.11 Å². The van der Waals surface area contributed by atoms with E-state index in [1.165, 1.54) is 12.1 Å². The third kappa shape index (κ3) is 2.40. The van der Waals surface area contributed by atoms with Crippen LogP contribution in [0, 0.1) is 5.82 Å². The molecule has 1 unspecified atom stereocenters. The van der Waals surface area contributed by atoms with E-state index in [-0.39, 0.29) is 5.02 Å². The van der Waals surface area contributed by atoms with Crippen LogP contribution in [0.15, 0.2) is 48.8 Å². The molecular weight excluding hydrogens is 279 g/mol. The van der Waals surface area contributed by atoms with Crippen molar-refractivity contribution in [2.45, 2.75) is 12.5 Å². The molecule has 1 N–H and O–H groups in total. The van der Waals surface area contributed by atoms with Crippen molar-refractivity contribution in [3.8, 4) is 0 Å². The van der Waals surface area contributed by atoms with Crippen molar-refractivity contribution in [1.29, 1.82) is 0 Å². The van der Waals surface area contributed by atoms with Crippen LogP contribution in [0.5, 0.6) is 0 Å². The zero-order valence-corrected chi connectivity index (χ0v) is 11.3. The number of hydrogen-bond donors (Lipinski definition) is 1. The summed E-state index contributed by atoms with van der Waals surface area (Å²) in [4.78, 5) is 0. The first-order valence-corrected chi connectivity index (χ1v) is 6.57. The lowest BCUT2D eigenvalue weighted by Crippen LogP contribution is -2.01. The quantitative estimate of drug-likeness (QED) is 0.803. The fraction of sp³-hybridized carbons (Fsp3) is 0.133. The monoisotopic (exact) mass is 290 g/mol. The normalized spacial score (nSPS) is 12.8. The molecule has 0 saturated carbocycles. The molecule has 5 heteroatoms. The number of aliphatic hydroxyl groups is 1. The standard InChI is InChI=1S/C15H12ClFN2O/c16-12-7-10(4-5-13(12)17)8-15(20)11-9-18-19-6-2-1-3-14(11)19/h1-7,9,15,20H,8H2. The zero-order chi connectivity index (χ0) is 14.1. The lowest BCUT2D eigenvalue weighted by atomic mass is 10.0. The molecule has 0 aliphatic carbocycles. The molecule has 3 nitrogen and oxygen atoms in total. The average Bonchev–Trinajstić information content (AvgIpc) is 2.87. The Kier molecular flexibility index (Phi) is 3.42. The van der Waals surface area contributed by atoms with Crippen molar-refractivity contribution in [2.24, 2.45) is 0 Å². The number of fused-ring (bicyclic) bond motifs is 1. The summed E-state index contributed by atoms with van der Waals surface area (Å²) in [5.41, 5.74) is 2.37. The number of aromatic nitrogens is 2. The Balaban J connectivity index is 1.89. The summed E-state index contributed by atoms with van der Waals surface area (Å²) in [5.74, 6) is -0.458. The van der Waals surface area contributed by atoms with Crippen molar-refractivity contribution in [3.05, 3.63) is 70.8 Å². The second-order valence-electron chi connectivity index (χ2n) is 4.60. The maximum absolute atomic E-state index is 13.1. The van der Waals surface area contributed by atoms with Gasteiger partial charge in [0.25, 0.3) is 0 Å². The lowest BCUT2D eigenvalue weighted by molar-refractivity contribution is 0.180. The molecule has 2 aromatic heterocycles. The minimum atomic E-state index is -0.712. The highest BCUT2D eigenvalue weighted by molar-refractivity contribution is 6.30. The van der Waals surface area contributed by atoms with Gasteiger partial charge in [0.2, 0.25) is 0 Å². The van der Waals surface area contributed by atoms with Crippen LogP contribution < -0.4 is 0 Å². The lowest BCUT2D eigenvalue weighted by Gasteiger charge is -2.10. The van der Waals surface area contributed by atoms with E-state index in [0.717, 1.165) is 16.6 Å². The van der Waals surface area contributed by atoms with Crippen molar-refractivity contribution in [2.75, 3.05) is 0 Å². The second-order valence-corrected chi connectivity index (χ2v) is 5.01. The van der Waals surface area contributed by atoms with Crippen molar-refractivity contribution >= 4 is 17.1 Å². The highest BCUT2D eigenvalue weighted by Crippen LogP contribution is 2.24. The molecule has 102 valence electrons. The molecule has 0 aliphatic rings. The molecule has 0 spiro atoms. The Hall–Kier alpha value is -1.91. The molecule has 3 aromatic rings. The van der Waals surface area contributed by atoms with Gasteiger partial charge in [-0.05, 0) is 29.8 Å². The van der Waals surface area contributed by atoms with E-state index in [4.69, 9.17) is 11.6 Å². The van der Waals surface area contributed by atoms with Crippen LogP contribution in [-0.2, 0) is 6.42 Å². The third-order valence-corrected chi connectivity index (χ3v) is 3.52. The van der Waals surface area contributed by atoms with Crippen LogP contribution >= 0.6 is 11.6 Å². The minimum absolute atomic E-state index is 0.0644. The van der Waals surface area contributed by atoms with E-state index in [1.807, 2.05) is 24.4 Å². The summed E-state index contributed by atoms with van der Waals surface area (Å²) >= 11 is 5.74. The first-order valence-electron chi connectivity index (χ1n) is 6.19. The zero-order valence-electron chi connectivity index (χ0n) is 10.5. The van der Waals surface area contributed by atoms with Crippen LogP contribution in [0.3, 0.4) is 0 Å². The van der Waals surface area contributed by atoms with Crippen LogP contribution in [0.4, 0.5) is 4.39 Å². The number of nitrogens with zero attached hydrogens (tertiary/aromatic N) is 2. The first-order chi connectivity index (χ1) is 9.65. The van der Waals surface area contributed by atoms with Crippen molar-refractivity contribution in [1.82, 2.24) is 9.61 Å². The van der Waals surface area contributed by atoms with Gasteiger partial charge in [-0.3, -0.25) is 0 Å². The molecule has 1 aromatic carbocycles. The fourth-order valence-corrected chi connectivity index (χ4v) is 2.41. The number of benzene rings is 1. The number of pyridine rings is 1. The van der Waals surface area contributed by atoms with E-state index >= 15 is 0 Å². The summed E-state index contributed by atoms with van der Waals surface area (Å²) in [7, 11) is 0. The van der Waals surface area contributed by atoms with Gasteiger partial charge in [-0.1, -0.05) is 23.7 Å². The van der Waals surface area contributed by atoms with Crippen LogP contribution in [0.2, 0.25) is 5.02 Å². The van der Waals surface area contributed by atoms with E-state index in [2.05, 4.69) is 5.10 Å². The van der Waals surface area contributed by atoms with Gasteiger partial charge in [0, 0.05) is 18.2 Å². The molecule has 0 radical (unpaired) electrons. The summed E-state index contributed by atoms with van der Waals surface area (Å²) in [6.45, 7) is 0. The first kappa shape index (κ1) is 13.1. The molecular formula is C15H12ClFN2O. The number of rotatable bonds is 3. The van der Waals surface area contributed by atoms with Gasteiger partial charge in [0.15, 0.2) is 0 Å². The molecule has 0 bridgehead atoms. The van der Waals surface area contributed by atoms with Crippen LogP contribution in [0.1, 0.15) is 17.2 Å². The Morgan fingerprint density at radius 2 is 2.15 bits per heavy atom. The highest BCUT2D eigenvalue weighted by Gasteiger charge is 2.14. The fourth-order valence-electron chi connectivity index (χ4n) is 2.21. The van der Waals surface area contributed by atoms with E-state index < -0.39 is 11.9 Å². The van der Waals surface area contributed by atoms with E-state index in [0.29, 0.717) is 6.42 Å². The Morgan fingerprint density at radius 1 is 1.30 bits per heavy atom. The summed E-state index contributed by atoms with van der Waals surface area (Å²) in [6, 6.07) is 10.1. The number of aliphatic hydroxyl groups excluding tert-OH is 1. The summed E-state index contributed by atoms with van der Waals surface area (Å²) in [5, 5.41) is 14.6. The third-order valence-electron chi connectivity index (χ3n) is 3.23. The minimum Gasteiger partial charge on any atom is -0.388 e. The molecule has 20 heavy (non-hydrogen) atoms.